The van der Waals surface area contributed by atoms with Crippen molar-refractivity contribution in [2.45, 2.75) is 24.7 Å². The van der Waals surface area contributed by atoms with Crippen molar-refractivity contribution in [3.8, 4) is 5.75 Å². The third kappa shape index (κ3) is 3.43. The standard InChI is InChI=1S/C13H15ClO5S/c1-2-5-18-13(15)10-6-9-7-11(20(14,16)17)3-4-12(9)19-8-10/h3-4,7,10H,2,5-6,8H2,1H3. The number of halogens is 1. The van der Waals surface area contributed by atoms with Gasteiger partial charge in [-0.25, -0.2) is 8.42 Å². The third-order valence-electron chi connectivity index (χ3n) is 3.00. The van der Waals surface area contributed by atoms with Crippen LogP contribution in [0.5, 0.6) is 5.75 Å². The van der Waals surface area contributed by atoms with Crippen molar-refractivity contribution in [2.75, 3.05) is 13.2 Å². The molecule has 1 atom stereocenters. The Morgan fingerprint density at radius 3 is 2.90 bits per heavy atom. The molecule has 0 saturated carbocycles. The smallest absolute Gasteiger partial charge is 0.312 e. The van der Waals surface area contributed by atoms with Gasteiger partial charge in [0.1, 0.15) is 12.4 Å². The molecule has 0 radical (unpaired) electrons. The van der Waals surface area contributed by atoms with Crippen molar-refractivity contribution < 1.29 is 22.7 Å². The number of carbonyl (C=O) groups excluding carboxylic acids is 1. The topological polar surface area (TPSA) is 69.7 Å². The average Bonchev–Trinajstić information content (AvgIpc) is 2.42. The Bertz CT molecular complexity index is 611. The Kier molecular flexibility index (Phi) is 4.55. The monoisotopic (exact) mass is 318 g/mol. The number of rotatable bonds is 4. The summed E-state index contributed by atoms with van der Waals surface area (Å²) in [5.41, 5.74) is 0.649. The first-order valence-corrected chi connectivity index (χ1v) is 8.59. The van der Waals surface area contributed by atoms with Crippen LogP contribution < -0.4 is 4.74 Å². The van der Waals surface area contributed by atoms with Crippen molar-refractivity contribution in [3.05, 3.63) is 23.8 Å². The molecular formula is C13H15ClO5S. The van der Waals surface area contributed by atoms with E-state index in [0.717, 1.165) is 6.42 Å². The van der Waals surface area contributed by atoms with Crippen molar-refractivity contribution in [1.29, 1.82) is 0 Å². The molecule has 0 aliphatic carbocycles. The van der Waals surface area contributed by atoms with Crippen LogP contribution in [0.1, 0.15) is 18.9 Å². The van der Waals surface area contributed by atoms with Crippen molar-refractivity contribution in [3.63, 3.8) is 0 Å². The molecule has 5 nitrogen and oxygen atoms in total. The Balaban J connectivity index is 2.18. The first kappa shape index (κ1) is 15.1. The van der Waals surface area contributed by atoms with Gasteiger partial charge >= 0.3 is 5.97 Å². The minimum Gasteiger partial charge on any atom is -0.492 e. The number of esters is 1. The fourth-order valence-electron chi connectivity index (χ4n) is 1.99. The maximum Gasteiger partial charge on any atom is 0.312 e. The summed E-state index contributed by atoms with van der Waals surface area (Å²) in [6.07, 6.45) is 1.14. The summed E-state index contributed by atoms with van der Waals surface area (Å²) in [6, 6.07) is 4.38. The van der Waals surface area contributed by atoms with E-state index in [2.05, 4.69) is 0 Å². The van der Waals surface area contributed by atoms with Gasteiger partial charge in [0, 0.05) is 10.7 Å². The normalized spacial score (nSPS) is 18.0. The number of ether oxygens (including phenoxy) is 2. The molecule has 1 unspecified atom stereocenters. The zero-order valence-corrected chi connectivity index (χ0v) is 12.5. The van der Waals surface area contributed by atoms with Crippen LogP contribution in [0.3, 0.4) is 0 Å². The van der Waals surface area contributed by atoms with Crippen molar-refractivity contribution in [2.24, 2.45) is 5.92 Å². The van der Waals surface area contributed by atoms with Crippen LogP contribution in [0.25, 0.3) is 0 Å². The highest BCUT2D eigenvalue weighted by Gasteiger charge is 2.28. The van der Waals surface area contributed by atoms with Gasteiger partial charge in [0.05, 0.1) is 17.4 Å². The van der Waals surface area contributed by atoms with E-state index in [1.54, 1.807) is 6.07 Å². The minimum atomic E-state index is -3.79. The van der Waals surface area contributed by atoms with Crippen LogP contribution in [0, 0.1) is 5.92 Å². The molecule has 7 heteroatoms. The van der Waals surface area contributed by atoms with E-state index in [0.29, 0.717) is 24.3 Å². The average molecular weight is 319 g/mol. The quantitative estimate of drug-likeness (QED) is 0.628. The summed E-state index contributed by atoms with van der Waals surface area (Å²) in [6.45, 7) is 2.53. The Morgan fingerprint density at radius 2 is 2.25 bits per heavy atom. The minimum absolute atomic E-state index is 0.00379. The van der Waals surface area contributed by atoms with Gasteiger partial charge in [-0.05, 0) is 36.6 Å². The molecule has 1 aliphatic rings. The third-order valence-corrected chi connectivity index (χ3v) is 4.35. The lowest BCUT2D eigenvalue weighted by Crippen LogP contribution is -2.30. The molecule has 0 fully saturated rings. The van der Waals surface area contributed by atoms with Gasteiger partial charge in [0.2, 0.25) is 0 Å². The van der Waals surface area contributed by atoms with Gasteiger partial charge in [0.25, 0.3) is 9.05 Å². The lowest BCUT2D eigenvalue weighted by Gasteiger charge is -2.24. The molecule has 110 valence electrons. The van der Waals surface area contributed by atoms with Crippen LogP contribution >= 0.6 is 10.7 Å². The molecule has 0 bridgehead atoms. The highest BCUT2D eigenvalue weighted by atomic mass is 35.7. The molecule has 0 aromatic heterocycles. The van der Waals surface area contributed by atoms with E-state index in [1.165, 1.54) is 12.1 Å². The lowest BCUT2D eigenvalue weighted by atomic mass is 9.97. The SMILES string of the molecule is CCCOC(=O)C1COc2ccc(S(=O)(=O)Cl)cc2C1. The van der Waals surface area contributed by atoms with Crippen LogP contribution in [0.2, 0.25) is 0 Å². The van der Waals surface area contributed by atoms with Crippen LogP contribution in [0.4, 0.5) is 0 Å². The van der Waals surface area contributed by atoms with Crippen LogP contribution in [0.15, 0.2) is 23.1 Å². The van der Waals surface area contributed by atoms with E-state index < -0.39 is 15.0 Å². The Hall–Kier alpha value is -1.27. The second-order valence-corrected chi connectivity index (χ2v) is 7.15. The molecule has 0 N–H and O–H groups in total. The molecule has 1 heterocycles. The zero-order chi connectivity index (χ0) is 14.8. The second-order valence-electron chi connectivity index (χ2n) is 4.59. The first-order valence-electron chi connectivity index (χ1n) is 6.29. The molecular weight excluding hydrogens is 304 g/mol. The summed E-state index contributed by atoms with van der Waals surface area (Å²) in [5, 5.41) is 0. The van der Waals surface area contributed by atoms with Crippen LogP contribution in [-0.4, -0.2) is 27.6 Å². The molecule has 0 amide bonds. The van der Waals surface area contributed by atoms with Crippen LogP contribution in [-0.2, 0) is 25.0 Å². The van der Waals surface area contributed by atoms with Crippen molar-refractivity contribution >= 4 is 25.7 Å². The number of fused-ring (bicyclic) bond motifs is 1. The molecule has 1 aliphatic heterocycles. The summed E-state index contributed by atoms with van der Waals surface area (Å²) >= 11 is 0. The maximum atomic E-state index is 11.8. The number of hydrogen-bond donors (Lipinski definition) is 0. The van der Waals surface area contributed by atoms with E-state index in [-0.39, 0.29) is 17.5 Å². The summed E-state index contributed by atoms with van der Waals surface area (Å²) in [4.78, 5) is 11.8. The number of hydrogen-bond acceptors (Lipinski definition) is 5. The van der Waals surface area contributed by atoms with E-state index in [4.69, 9.17) is 20.2 Å². The predicted molar refractivity (Wildman–Crippen MR) is 73.4 cm³/mol. The van der Waals surface area contributed by atoms with E-state index >= 15 is 0 Å². The molecule has 20 heavy (non-hydrogen) atoms. The fraction of sp³-hybridized carbons (Fsp3) is 0.462. The van der Waals surface area contributed by atoms with Gasteiger partial charge in [-0.2, -0.15) is 0 Å². The molecule has 2 rings (SSSR count). The highest BCUT2D eigenvalue weighted by Crippen LogP contribution is 2.31. The summed E-state index contributed by atoms with van der Waals surface area (Å²) < 4.78 is 33.2. The molecule has 0 spiro atoms. The first-order chi connectivity index (χ1) is 9.41. The fourth-order valence-corrected chi connectivity index (χ4v) is 2.80. The van der Waals surface area contributed by atoms with Crippen molar-refractivity contribution in [1.82, 2.24) is 0 Å². The number of benzene rings is 1. The zero-order valence-electron chi connectivity index (χ0n) is 11.0. The maximum absolute atomic E-state index is 11.8. The Labute approximate surface area is 122 Å². The Morgan fingerprint density at radius 1 is 1.50 bits per heavy atom. The second kappa shape index (κ2) is 6.01. The number of carbonyl (C=O) groups is 1. The van der Waals surface area contributed by atoms with E-state index in [9.17, 15) is 13.2 Å². The molecule has 0 saturated heterocycles. The van der Waals surface area contributed by atoms with Gasteiger partial charge in [-0.3, -0.25) is 4.79 Å². The predicted octanol–water partition coefficient (Wildman–Crippen LogP) is 2.12. The molecule has 1 aromatic rings. The molecule has 1 aromatic carbocycles. The van der Waals surface area contributed by atoms with Gasteiger partial charge in [-0.15, -0.1) is 0 Å². The lowest BCUT2D eigenvalue weighted by molar-refractivity contribution is -0.150. The van der Waals surface area contributed by atoms with Gasteiger partial charge < -0.3 is 9.47 Å². The largest absolute Gasteiger partial charge is 0.492 e. The van der Waals surface area contributed by atoms with Gasteiger partial charge in [-0.1, -0.05) is 6.92 Å². The summed E-state index contributed by atoms with van der Waals surface area (Å²) in [5.74, 6) is -0.160. The summed E-state index contributed by atoms with van der Waals surface area (Å²) in [7, 11) is 1.52. The van der Waals surface area contributed by atoms with Gasteiger partial charge in [0.15, 0.2) is 0 Å². The van der Waals surface area contributed by atoms with E-state index in [1.807, 2.05) is 6.92 Å². The highest BCUT2D eigenvalue weighted by molar-refractivity contribution is 8.13.